The Kier molecular flexibility index (Phi) is 5.51. The quantitative estimate of drug-likeness (QED) is 0.420. The van der Waals surface area contributed by atoms with Crippen LogP contribution >= 0.6 is 34.5 Å². The summed E-state index contributed by atoms with van der Waals surface area (Å²) in [6, 6.07) is 15.3. The van der Waals surface area contributed by atoms with Gasteiger partial charge in [-0.1, -0.05) is 53.5 Å². The summed E-state index contributed by atoms with van der Waals surface area (Å²) in [5, 5.41) is 7.21. The second-order valence-electron chi connectivity index (χ2n) is 6.48. The van der Waals surface area contributed by atoms with E-state index in [1.807, 2.05) is 53.9 Å². The zero-order valence-corrected chi connectivity index (χ0v) is 17.3. The molecule has 7 heteroatoms. The lowest BCUT2D eigenvalue weighted by atomic mass is 10.1. The molecule has 0 saturated carbocycles. The number of fused-ring (bicyclic) bond motifs is 1. The zero-order chi connectivity index (χ0) is 19.7. The highest BCUT2D eigenvalue weighted by atomic mass is 35.5. The minimum absolute atomic E-state index is 0.0975. The summed E-state index contributed by atoms with van der Waals surface area (Å²) in [6.07, 6.45) is 0. The second kappa shape index (κ2) is 8.05. The molecular weight excluding hydrogens is 413 g/mol. The molecule has 142 valence electrons. The third-order valence-electron chi connectivity index (χ3n) is 4.60. The summed E-state index contributed by atoms with van der Waals surface area (Å²) in [5.74, 6) is 0.603. The Balaban J connectivity index is 1.59. The van der Waals surface area contributed by atoms with E-state index in [0.29, 0.717) is 32.6 Å². The van der Waals surface area contributed by atoms with Crippen LogP contribution in [-0.2, 0) is 6.54 Å². The molecule has 1 atom stereocenters. The van der Waals surface area contributed by atoms with Crippen molar-refractivity contribution in [3.8, 4) is 11.1 Å². The highest BCUT2D eigenvalue weighted by Crippen LogP contribution is 2.34. The van der Waals surface area contributed by atoms with Crippen LogP contribution < -0.4 is 10.9 Å². The van der Waals surface area contributed by atoms with Crippen molar-refractivity contribution in [3.63, 3.8) is 0 Å². The van der Waals surface area contributed by atoms with E-state index in [1.165, 1.54) is 11.3 Å². The SMILES string of the molecule is C[C@@H](NCc1nc2scc(-c3ccccc3Cl)c2c(=O)[nH]1)c1ccc(Cl)cc1. The van der Waals surface area contributed by atoms with Crippen molar-refractivity contribution in [1.82, 2.24) is 15.3 Å². The van der Waals surface area contributed by atoms with Crippen LogP contribution in [0.25, 0.3) is 21.3 Å². The number of rotatable bonds is 5. The lowest BCUT2D eigenvalue weighted by Gasteiger charge is -2.14. The predicted molar refractivity (Wildman–Crippen MR) is 117 cm³/mol. The topological polar surface area (TPSA) is 57.8 Å². The number of hydrogen-bond donors (Lipinski definition) is 2. The number of halogens is 2. The molecule has 0 aliphatic heterocycles. The molecule has 0 bridgehead atoms. The second-order valence-corrected chi connectivity index (χ2v) is 8.18. The summed E-state index contributed by atoms with van der Waals surface area (Å²) in [6.45, 7) is 2.51. The first-order chi connectivity index (χ1) is 13.5. The lowest BCUT2D eigenvalue weighted by molar-refractivity contribution is 0.559. The van der Waals surface area contributed by atoms with Crippen LogP contribution in [0.3, 0.4) is 0 Å². The minimum atomic E-state index is -0.155. The molecule has 0 fully saturated rings. The van der Waals surface area contributed by atoms with Crippen molar-refractivity contribution < 1.29 is 0 Å². The van der Waals surface area contributed by atoms with Gasteiger partial charge < -0.3 is 10.3 Å². The number of nitrogens with zero attached hydrogens (tertiary/aromatic N) is 1. The standard InChI is InChI=1S/C21H17Cl2N3OS/c1-12(13-6-8-14(22)9-7-13)24-10-18-25-20(27)19-16(11-28-21(19)26-18)15-4-2-3-5-17(15)23/h2-9,11-12,24H,10H2,1H3,(H,25,26,27)/t12-/m1/s1. The Morgan fingerprint density at radius 2 is 1.86 bits per heavy atom. The molecule has 0 saturated heterocycles. The van der Waals surface area contributed by atoms with E-state index < -0.39 is 0 Å². The smallest absolute Gasteiger partial charge is 0.260 e. The molecule has 2 aromatic heterocycles. The molecule has 0 radical (unpaired) electrons. The molecule has 0 aliphatic rings. The maximum atomic E-state index is 12.7. The molecule has 0 aliphatic carbocycles. The predicted octanol–water partition coefficient (Wildman–Crippen LogP) is 5.81. The number of aromatic nitrogens is 2. The van der Waals surface area contributed by atoms with Gasteiger partial charge in [-0.3, -0.25) is 4.79 Å². The highest BCUT2D eigenvalue weighted by Gasteiger charge is 2.15. The van der Waals surface area contributed by atoms with Crippen molar-refractivity contribution in [2.75, 3.05) is 0 Å². The van der Waals surface area contributed by atoms with Crippen LogP contribution in [0.4, 0.5) is 0 Å². The van der Waals surface area contributed by atoms with E-state index in [4.69, 9.17) is 23.2 Å². The zero-order valence-electron chi connectivity index (χ0n) is 15.0. The Bertz CT molecular complexity index is 1180. The van der Waals surface area contributed by atoms with Crippen LogP contribution in [0, 0.1) is 0 Å². The van der Waals surface area contributed by atoms with Crippen molar-refractivity contribution >= 4 is 44.8 Å². The third-order valence-corrected chi connectivity index (χ3v) is 6.06. The minimum Gasteiger partial charge on any atom is -0.309 e. The van der Waals surface area contributed by atoms with Gasteiger partial charge in [0.05, 0.1) is 11.9 Å². The fourth-order valence-electron chi connectivity index (χ4n) is 3.07. The fraction of sp³-hybridized carbons (Fsp3) is 0.143. The number of H-pyrrole nitrogens is 1. The first-order valence-electron chi connectivity index (χ1n) is 8.77. The molecule has 2 heterocycles. The molecule has 2 aromatic carbocycles. The highest BCUT2D eigenvalue weighted by molar-refractivity contribution is 7.17. The van der Waals surface area contributed by atoms with Crippen molar-refractivity contribution in [2.24, 2.45) is 0 Å². The summed E-state index contributed by atoms with van der Waals surface area (Å²) in [4.78, 5) is 21.0. The van der Waals surface area contributed by atoms with E-state index in [1.54, 1.807) is 0 Å². The van der Waals surface area contributed by atoms with Crippen LogP contribution in [0.15, 0.2) is 58.7 Å². The van der Waals surface area contributed by atoms with Gasteiger partial charge in [-0.25, -0.2) is 4.98 Å². The van der Waals surface area contributed by atoms with Crippen LogP contribution in [-0.4, -0.2) is 9.97 Å². The van der Waals surface area contributed by atoms with E-state index >= 15 is 0 Å². The number of thiophene rings is 1. The van der Waals surface area contributed by atoms with Crippen LogP contribution in [0.1, 0.15) is 24.4 Å². The lowest BCUT2D eigenvalue weighted by Crippen LogP contribution is -2.22. The van der Waals surface area contributed by atoms with E-state index in [9.17, 15) is 4.79 Å². The molecular formula is C21H17Cl2N3OS. The van der Waals surface area contributed by atoms with Gasteiger partial charge in [0.25, 0.3) is 5.56 Å². The number of hydrogen-bond acceptors (Lipinski definition) is 4. The summed E-state index contributed by atoms with van der Waals surface area (Å²) < 4.78 is 0. The van der Waals surface area contributed by atoms with Crippen LogP contribution in [0.5, 0.6) is 0 Å². The molecule has 0 unspecified atom stereocenters. The van der Waals surface area contributed by atoms with E-state index in [-0.39, 0.29) is 11.6 Å². The Morgan fingerprint density at radius 1 is 1.11 bits per heavy atom. The summed E-state index contributed by atoms with van der Waals surface area (Å²) in [7, 11) is 0. The van der Waals surface area contributed by atoms with Gasteiger partial charge >= 0.3 is 0 Å². The monoisotopic (exact) mass is 429 g/mol. The fourth-order valence-corrected chi connectivity index (χ4v) is 4.40. The van der Waals surface area contributed by atoms with Crippen molar-refractivity contribution in [3.05, 3.63) is 85.7 Å². The van der Waals surface area contributed by atoms with Crippen molar-refractivity contribution in [1.29, 1.82) is 0 Å². The average Bonchev–Trinajstić information content (AvgIpc) is 3.11. The average molecular weight is 430 g/mol. The first kappa shape index (κ1) is 19.2. The van der Waals surface area contributed by atoms with E-state index in [0.717, 1.165) is 16.7 Å². The molecule has 4 nitrogen and oxygen atoms in total. The maximum absolute atomic E-state index is 12.7. The molecule has 0 amide bonds. The molecule has 4 aromatic rings. The van der Waals surface area contributed by atoms with E-state index in [2.05, 4.69) is 22.2 Å². The van der Waals surface area contributed by atoms with Gasteiger partial charge in [0, 0.05) is 32.6 Å². The number of nitrogens with one attached hydrogen (secondary N) is 2. The van der Waals surface area contributed by atoms with Gasteiger partial charge in [0.2, 0.25) is 0 Å². The maximum Gasteiger partial charge on any atom is 0.260 e. The van der Waals surface area contributed by atoms with Gasteiger partial charge in [0.15, 0.2) is 0 Å². The molecule has 2 N–H and O–H groups in total. The van der Waals surface area contributed by atoms with Gasteiger partial charge in [0.1, 0.15) is 10.7 Å². The molecule has 28 heavy (non-hydrogen) atoms. The molecule has 0 spiro atoms. The Labute approximate surface area is 176 Å². The van der Waals surface area contributed by atoms with Gasteiger partial charge in [-0.05, 0) is 30.7 Å². The third kappa shape index (κ3) is 3.84. The largest absolute Gasteiger partial charge is 0.309 e. The Morgan fingerprint density at radius 3 is 2.61 bits per heavy atom. The Hall–Kier alpha value is -2.18. The van der Waals surface area contributed by atoms with Crippen molar-refractivity contribution in [2.45, 2.75) is 19.5 Å². The van der Waals surface area contributed by atoms with Gasteiger partial charge in [-0.2, -0.15) is 0 Å². The number of benzene rings is 2. The summed E-state index contributed by atoms with van der Waals surface area (Å²) in [5.41, 5.74) is 2.61. The van der Waals surface area contributed by atoms with Gasteiger partial charge in [-0.15, -0.1) is 11.3 Å². The normalized spacial score (nSPS) is 12.4. The number of aromatic amines is 1. The molecule has 4 rings (SSSR count). The summed E-state index contributed by atoms with van der Waals surface area (Å²) >= 11 is 13.7. The first-order valence-corrected chi connectivity index (χ1v) is 10.4. The van der Waals surface area contributed by atoms with Crippen LogP contribution in [0.2, 0.25) is 10.0 Å².